The van der Waals surface area contributed by atoms with Crippen LogP contribution in [-0.2, 0) is 16.0 Å². The average molecular weight is 660 g/mol. The summed E-state index contributed by atoms with van der Waals surface area (Å²) in [6, 6.07) is 16.5. The molecular weight excluding hydrogens is 611 g/mol. The molecule has 5 N–H and O–H groups in total. The highest BCUT2D eigenvalue weighted by atomic mass is 32.2. The third-order valence-corrected chi connectivity index (χ3v) is 11.1. The molecule has 3 saturated heterocycles. The van der Waals surface area contributed by atoms with Gasteiger partial charge in [-0.25, -0.2) is 4.79 Å². The first-order valence-electron chi connectivity index (χ1n) is 17.0. The lowest BCUT2D eigenvalue weighted by Gasteiger charge is -2.29. The van der Waals surface area contributed by atoms with Crippen LogP contribution in [0.25, 0.3) is 0 Å². The van der Waals surface area contributed by atoms with E-state index >= 15 is 0 Å². The summed E-state index contributed by atoms with van der Waals surface area (Å²) < 4.78 is 0. The van der Waals surface area contributed by atoms with Gasteiger partial charge in [0.2, 0.25) is 11.8 Å². The van der Waals surface area contributed by atoms with Crippen molar-refractivity contribution in [3.8, 4) is 0 Å². The van der Waals surface area contributed by atoms with E-state index in [0.29, 0.717) is 30.3 Å². The minimum Gasteiger partial charge on any atom is -0.335 e. The number of urea groups is 1. The van der Waals surface area contributed by atoms with Crippen LogP contribution in [0.5, 0.6) is 0 Å². The molecule has 47 heavy (non-hydrogen) atoms. The molecule has 5 rings (SSSR count). The van der Waals surface area contributed by atoms with Crippen molar-refractivity contribution in [1.82, 2.24) is 15.5 Å². The van der Waals surface area contributed by atoms with Crippen LogP contribution in [-0.4, -0.2) is 58.4 Å². The molecule has 4 amide bonds. The number of fused-ring (bicyclic) bond motifs is 1. The predicted molar refractivity (Wildman–Crippen MR) is 189 cm³/mol. The van der Waals surface area contributed by atoms with E-state index in [4.69, 9.17) is 5.84 Å². The number of unbranched alkanes of at least 4 members (excludes halogenated alkanes) is 4. The number of benzene rings is 2. The Morgan fingerprint density at radius 2 is 1.89 bits per heavy atom. The summed E-state index contributed by atoms with van der Waals surface area (Å²) >= 11 is 1.92. The minimum absolute atomic E-state index is 0.0498. The number of hydrogen-bond donors (Lipinski definition) is 4. The fourth-order valence-corrected chi connectivity index (χ4v) is 8.65. The van der Waals surface area contributed by atoms with Crippen LogP contribution in [0.4, 0.5) is 16.2 Å². The maximum atomic E-state index is 13.0. The van der Waals surface area contributed by atoms with Gasteiger partial charge in [-0.2, -0.15) is 11.8 Å². The Balaban J connectivity index is 0.951. The largest absolute Gasteiger partial charge is 0.335 e. The second-order valence-electron chi connectivity index (χ2n) is 13.2. The van der Waals surface area contributed by atoms with Gasteiger partial charge in [0, 0.05) is 42.0 Å². The average Bonchev–Trinajstić information content (AvgIpc) is 3.74. The van der Waals surface area contributed by atoms with Crippen LogP contribution >= 0.6 is 11.8 Å². The lowest BCUT2D eigenvalue weighted by molar-refractivity contribution is -0.129. The fraction of sp³-hybridized carbons (Fsp3) is 0.528. The molecule has 252 valence electrons. The topological polar surface area (TPSA) is 141 Å². The lowest BCUT2D eigenvalue weighted by Crippen LogP contribution is -2.37. The number of rotatable bonds is 17. The molecule has 2 unspecified atom stereocenters. The summed E-state index contributed by atoms with van der Waals surface area (Å²) in [6.07, 6.45) is 10.2. The van der Waals surface area contributed by atoms with E-state index in [1.807, 2.05) is 60.0 Å². The first-order chi connectivity index (χ1) is 22.8. The third-order valence-electron chi connectivity index (χ3n) is 9.63. The Morgan fingerprint density at radius 3 is 2.68 bits per heavy atom. The molecule has 2 aromatic carbocycles. The van der Waals surface area contributed by atoms with Gasteiger partial charge in [-0.05, 0) is 74.4 Å². The number of nitrogens with zero attached hydrogens (tertiary/aromatic N) is 3. The number of thioether (sulfide) groups is 1. The van der Waals surface area contributed by atoms with Gasteiger partial charge >= 0.3 is 6.03 Å². The van der Waals surface area contributed by atoms with Gasteiger partial charge in [0.1, 0.15) is 0 Å². The van der Waals surface area contributed by atoms with Crippen molar-refractivity contribution in [3.63, 3.8) is 0 Å². The van der Waals surface area contributed by atoms with Gasteiger partial charge in [-0.3, -0.25) is 9.59 Å². The number of nitrogens with two attached hydrogens (primary N) is 1. The van der Waals surface area contributed by atoms with Gasteiger partial charge in [-0.15, -0.1) is 5.11 Å². The molecule has 3 aliphatic heterocycles. The van der Waals surface area contributed by atoms with Crippen molar-refractivity contribution >= 4 is 41.0 Å². The molecule has 0 aromatic heterocycles. The second-order valence-corrected chi connectivity index (χ2v) is 14.5. The van der Waals surface area contributed by atoms with E-state index in [9.17, 15) is 14.4 Å². The van der Waals surface area contributed by atoms with Crippen LogP contribution in [0.3, 0.4) is 0 Å². The second kappa shape index (κ2) is 16.8. The number of carbonyl (C=O) groups is 3. The molecule has 5 atom stereocenters. The van der Waals surface area contributed by atoms with E-state index in [2.05, 4.69) is 45.0 Å². The Bertz CT molecular complexity index is 1430. The van der Waals surface area contributed by atoms with Crippen LogP contribution in [0.2, 0.25) is 0 Å². The van der Waals surface area contributed by atoms with Crippen LogP contribution < -0.4 is 21.8 Å². The first-order valence-corrected chi connectivity index (χ1v) is 18.1. The van der Waals surface area contributed by atoms with E-state index in [-0.39, 0.29) is 41.9 Å². The molecule has 0 saturated carbocycles. The molecule has 3 fully saturated rings. The molecule has 3 heterocycles. The van der Waals surface area contributed by atoms with E-state index in [0.717, 1.165) is 80.4 Å². The molecule has 0 bridgehead atoms. The standard InChI is InChI=1S/C36H49N7O3S/c1-24(2)31(43-22-27(21-34(43)45)26-11-9-12-29(20-26)41-42-37)13-6-4-3-5-10-25-16-18-28(19-17-25)38-33(44)15-8-7-14-32-35-30(23-47-32)39-36(46)40-35/h9,11-12,16-20,27,30-32,35H,1,3-8,10,13-15,21-23H2,2H3,(H2,37,41)(H,38,44)(H2,39,40,46)/t27?,30-,31?,32-,35-/m0/s1. The van der Waals surface area contributed by atoms with Crippen molar-refractivity contribution in [1.29, 1.82) is 0 Å². The summed E-state index contributed by atoms with van der Waals surface area (Å²) in [6.45, 7) is 6.94. The number of hydrogen-bond acceptors (Lipinski definition) is 6. The van der Waals surface area contributed by atoms with Gasteiger partial charge < -0.3 is 26.7 Å². The molecule has 11 heteroatoms. The SMILES string of the molecule is C=C(C)C(CCCCCCc1ccc(NC(=O)CCCC[C@@H]2SC[C@@H]3NC(=O)N[C@@H]32)cc1)N1CC(c2cccc(N=NN)c2)CC1=O. The van der Waals surface area contributed by atoms with Crippen molar-refractivity contribution in [3.05, 3.63) is 71.8 Å². The fourth-order valence-electron chi connectivity index (χ4n) is 7.10. The molecule has 0 spiro atoms. The van der Waals surface area contributed by atoms with Crippen molar-refractivity contribution in [2.75, 3.05) is 17.6 Å². The van der Waals surface area contributed by atoms with Gasteiger partial charge in [-0.1, -0.05) is 67.3 Å². The number of anilines is 1. The zero-order chi connectivity index (χ0) is 33.2. The summed E-state index contributed by atoms with van der Waals surface area (Å²) in [5.41, 5.74) is 4.94. The van der Waals surface area contributed by atoms with Crippen molar-refractivity contribution in [2.45, 2.75) is 107 Å². The van der Waals surface area contributed by atoms with E-state index in [1.165, 1.54) is 5.56 Å². The molecular formula is C36H49N7O3S. The summed E-state index contributed by atoms with van der Waals surface area (Å²) in [5, 5.41) is 16.8. The summed E-state index contributed by atoms with van der Waals surface area (Å²) in [5.74, 6) is 6.54. The quantitative estimate of drug-likeness (QED) is 0.0371. The number of carbonyl (C=O) groups excluding carboxylic acids is 3. The van der Waals surface area contributed by atoms with Crippen LogP contribution in [0.15, 0.2) is 71.0 Å². The molecule has 0 radical (unpaired) electrons. The maximum absolute atomic E-state index is 13.0. The zero-order valence-corrected chi connectivity index (χ0v) is 28.3. The molecule has 2 aromatic rings. The van der Waals surface area contributed by atoms with Crippen molar-refractivity contribution < 1.29 is 14.4 Å². The Morgan fingerprint density at radius 1 is 1.09 bits per heavy atom. The highest BCUT2D eigenvalue weighted by Gasteiger charge is 2.42. The lowest BCUT2D eigenvalue weighted by atomic mass is 9.97. The van der Waals surface area contributed by atoms with Crippen LogP contribution in [0.1, 0.15) is 88.2 Å². The zero-order valence-electron chi connectivity index (χ0n) is 27.5. The Kier molecular flexibility index (Phi) is 12.3. The number of amides is 4. The van der Waals surface area contributed by atoms with Gasteiger partial charge in [0.25, 0.3) is 0 Å². The predicted octanol–water partition coefficient (Wildman–Crippen LogP) is 6.76. The van der Waals surface area contributed by atoms with Crippen LogP contribution in [0, 0.1) is 0 Å². The summed E-state index contributed by atoms with van der Waals surface area (Å²) in [7, 11) is 0. The molecule has 3 aliphatic rings. The van der Waals surface area contributed by atoms with Gasteiger partial charge in [0.05, 0.1) is 23.8 Å². The Labute approximate surface area is 282 Å². The highest BCUT2D eigenvalue weighted by molar-refractivity contribution is 8.00. The third kappa shape index (κ3) is 9.59. The highest BCUT2D eigenvalue weighted by Crippen LogP contribution is 2.34. The number of likely N-dealkylation sites (tertiary alicyclic amines) is 1. The normalized spacial score (nSPS) is 22.7. The summed E-state index contributed by atoms with van der Waals surface area (Å²) in [4.78, 5) is 39.1. The first kappa shape index (κ1) is 34.5. The monoisotopic (exact) mass is 659 g/mol. The maximum Gasteiger partial charge on any atom is 0.315 e. The van der Waals surface area contributed by atoms with E-state index < -0.39 is 0 Å². The Hall–Kier alpha value is -3.86. The molecule has 0 aliphatic carbocycles. The van der Waals surface area contributed by atoms with Gasteiger partial charge in [0.15, 0.2) is 0 Å². The minimum atomic E-state index is -0.0532. The number of nitrogens with one attached hydrogen (secondary N) is 3. The van der Waals surface area contributed by atoms with E-state index in [1.54, 1.807) is 0 Å². The smallest absolute Gasteiger partial charge is 0.315 e. The number of aryl methyl sites for hydroxylation is 1. The molecule has 10 nitrogen and oxygen atoms in total. The van der Waals surface area contributed by atoms with Crippen molar-refractivity contribution in [2.24, 2.45) is 16.2 Å².